The molecule has 0 spiro atoms. The van der Waals surface area contributed by atoms with Crippen molar-refractivity contribution in [3.8, 4) is 6.07 Å². The number of hydrogen-bond donors (Lipinski definition) is 1. The van der Waals surface area contributed by atoms with Crippen LogP contribution < -0.4 is 4.72 Å². The van der Waals surface area contributed by atoms with Crippen LogP contribution in [0.3, 0.4) is 0 Å². The van der Waals surface area contributed by atoms with Crippen LogP contribution in [0.4, 0.5) is 0 Å². The van der Waals surface area contributed by atoms with Crippen molar-refractivity contribution >= 4 is 21.6 Å². The average Bonchev–Trinajstić information content (AvgIpc) is 2.22. The number of nitriles is 1. The molecule has 1 aliphatic rings. The summed E-state index contributed by atoms with van der Waals surface area (Å²) in [6, 6.07) is 1.58. The van der Waals surface area contributed by atoms with Gasteiger partial charge in [-0.2, -0.15) is 5.26 Å². The standard InChI is InChI=1S/C10H17ClN2O2S/c1-2-8(7-12)16(14,15)13-10-6-4-3-5-9(10)11/h8-10,13H,2-6H2,1H3. The van der Waals surface area contributed by atoms with Gasteiger partial charge in [-0.3, -0.25) is 0 Å². The summed E-state index contributed by atoms with van der Waals surface area (Å²) in [7, 11) is -3.55. The van der Waals surface area contributed by atoms with Gasteiger partial charge in [0, 0.05) is 11.4 Å². The highest BCUT2D eigenvalue weighted by molar-refractivity contribution is 7.90. The van der Waals surface area contributed by atoms with Gasteiger partial charge in [-0.05, 0) is 19.3 Å². The molecule has 1 saturated carbocycles. The van der Waals surface area contributed by atoms with E-state index in [0.717, 1.165) is 25.7 Å². The number of alkyl halides is 1. The Kier molecular flexibility index (Phi) is 5.03. The molecule has 0 saturated heterocycles. The molecule has 0 aromatic rings. The SMILES string of the molecule is CCC(C#N)S(=O)(=O)NC1CCCCC1Cl. The van der Waals surface area contributed by atoms with Gasteiger partial charge in [-0.25, -0.2) is 13.1 Å². The largest absolute Gasteiger partial charge is 0.228 e. The molecule has 1 fully saturated rings. The summed E-state index contributed by atoms with van der Waals surface area (Å²) in [6.45, 7) is 1.69. The summed E-state index contributed by atoms with van der Waals surface area (Å²) in [5.41, 5.74) is 0. The first-order valence-corrected chi connectivity index (χ1v) is 7.54. The lowest BCUT2D eigenvalue weighted by molar-refractivity contribution is 0.417. The van der Waals surface area contributed by atoms with Gasteiger partial charge in [0.15, 0.2) is 5.25 Å². The van der Waals surface area contributed by atoms with Crippen LogP contribution in [-0.4, -0.2) is 25.1 Å². The molecular weight excluding hydrogens is 248 g/mol. The molecule has 0 aromatic carbocycles. The minimum Gasteiger partial charge on any atom is -0.211 e. The highest BCUT2D eigenvalue weighted by Gasteiger charge is 2.31. The van der Waals surface area contributed by atoms with Crippen molar-refractivity contribution in [1.82, 2.24) is 4.72 Å². The molecule has 0 bridgehead atoms. The molecule has 16 heavy (non-hydrogen) atoms. The lowest BCUT2D eigenvalue weighted by atomic mass is 9.96. The number of sulfonamides is 1. The third-order valence-corrected chi connectivity index (χ3v) is 5.23. The molecule has 92 valence electrons. The fourth-order valence-corrected chi connectivity index (χ4v) is 3.76. The monoisotopic (exact) mass is 264 g/mol. The van der Waals surface area contributed by atoms with E-state index in [-0.39, 0.29) is 11.4 Å². The molecular formula is C10H17ClN2O2S. The third-order valence-electron chi connectivity index (χ3n) is 2.89. The lowest BCUT2D eigenvalue weighted by Gasteiger charge is -2.28. The maximum atomic E-state index is 11.8. The number of rotatable bonds is 4. The van der Waals surface area contributed by atoms with Crippen molar-refractivity contribution in [2.24, 2.45) is 0 Å². The first-order chi connectivity index (χ1) is 7.51. The number of nitrogens with one attached hydrogen (secondary N) is 1. The zero-order valence-corrected chi connectivity index (χ0v) is 10.9. The van der Waals surface area contributed by atoms with Crippen LogP contribution in [0.15, 0.2) is 0 Å². The van der Waals surface area contributed by atoms with Crippen LogP contribution in [0.5, 0.6) is 0 Å². The lowest BCUT2D eigenvalue weighted by Crippen LogP contribution is -2.46. The zero-order chi connectivity index (χ0) is 12.2. The Morgan fingerprint density at radius 1 is 1.50 bits per heavy atom. The van der Waals surface area contributed by atoms with Crippen molar-refractivity contribution in [2.75, 3.05) is 0 Å². The summed E-state index contributed by atoms with van der Waals surface area (Å²) in [5.74, 6) is 0. The van der Waals surface area contributed by atoms with E-state index in [1.165, 1.54) is 0 Å². The quantitative estimate of drug-likeness (QED) is 0.787. The Bertz CT molecular complexity index is 364. The second-order valence-corrected chi connectivity index (χ2v) is 6.55. The van der Waals surface area contributed by atoms with Gasteiger partial charge in [0.05, 0.1) is 6.07 Å². The van der Waals surface area contributed by atoms with E-state index >= 15 is 0 Å². The van der Waals surface area contributed by atoms with Crippen LogP contribution in [0.1, 0.15) is 39.0 Å². The van der Waals surface area contributed by atoms with E-state index in [9.17, 15) is 8.42 Å². The second-order valence-electron chi connectivity index (χ2n) is 4.10. The van der Waals surface area contributed by atoms with E-state index in [4.69, 9.17) is 16.9 Å². The van der Waals surface area contributed by atoms with Crippen LogP contribution in [0, 0.1) is 11.3 Å². The van der Waals surface area contributed by atoms with Gasteiger partial charge >= 0.3 is 0 Å². The van der Waals surface area contributed by atoms with Gasteiger partial charge in [-0.1, -0.05) is 19.8 Å². The normalized spacial score (nSPS) is 28.3. The molecule has 0 amide bonds. The fraction of sp³-hybridized carbons (Fsp3) is 0.900. The van der Waals surface area contributed by atoms with Crippen molar-refractivity contribution in [2.45, 2.75) is 55.7 Å². The number of nitrogens with zero attached hydrogens (tertiary/aromatic N) is 1. The summed E-state index contributed by atoms with van der Waals surface area (Å²) in [5, 5.41) is 7.63. The minimum atomic E-state index is -3.55. The van der Waals surface area contributed by atoms with Crippen molar-refractivity contribution in [3.63, 3.8) is 0 Å². The minimum absolute atomic E-state index is 0.153. The van der Waals surface area contributed by atoms with Crippen LogP contribution in [-0.2, 0) is 10.0 Å². The second kappa shape index (κ2) is 5.85. The van der Waals surface area contributed by atoms with Gasteiger partial charge in [-0.15, -0.1) is 11.6 Å². The molecule has 6 heteroatoms. The topological polar surface area (TPSA) is 70.0 Å². The fourth-order valence-electron chi connectivity index (χ4n) is 1.89. The number of hydrogen-bond acceptors (Lipinski definition) is 3. The average molecular weight is 265 g/mol. The Hall–Kier alpha value is -0.310. The Labute approximate surface area is 102 Å². The first-order valence-electron chi connectivity index (χ1n) is 5.56. The van der Waals surface area contributed by atoms with Crippen LogP contribution in [0.25, 0.3) is 0 Å². The first kappa shape index (κ1) is 13.8. The van der Waals surface area contributed by atoms with E-state index in [2.05, 4.69) is 4.72 Å². The van der Waals surface area contributed by atoms with E-state index in [1.54, 1.807) is 13.0 Å². The molecule has 0 aromatic heterocycles. The summed E-state index contributed by atoms with van der Waals surface area (Å²) in [6.07, 6.45) is 3.92. The molecule has 1 aliphatic carbocycles. The molecule has 0 aliphatic heterocycles. The van der Waals surface area contributed by atoms with Gasteiger partial charge in [0.2, 0.25) is 10.0 Å². The highest BCUT2D eigenvalue weighted by atomic mass is 35.5. The molecule has 0 heterocycles. The van der Waals surface area contributed by atoms with E-state index < -0.39 is 15.3 Å². The Morgan fingerprint density at radius 3 is 2.62 bits per heavy atom. The van der Waals surface area contributed by atoms with E-state index in [0.29, 0.717) is 6.42 Å². The maximum Gasteiger partial charge on any atom is 0.228 e. The smallest absolute Gasteiger partial charge is 0.211 e. The third kappa shape index (κ3) is 3.34. The van der Waals surface area contributed by atoms with Gasteiger partial charge in [0.1, 0.15) is 0 Å². The molecule has 3 unspecified atom stereocenters. The predicted octanol–water partition coefficient (Wildman–Crippen LogP) is 1.76. The predicted molar refractivity (Wildman–Crippen MR) is 63.6 cm³/mol. The van der Waals surface area contributed by atoms with Crippen LogP contribution >= 0.6 is 11.6 Å². The zero-order valence-electron chi connectivity index (χ0n) is 9.32. The van der Waals surface area contributed by atoms with Gasteiger partial charge in [0.25, 0.3) is 0 Å². The Morgan fingerprint density at radius 2 is 2.12 bits per heavy atom. The van der Waals surface area contributed by atoms with Crippen LogP contribution in [0.2, 0.25) is 0 Å². The molecule has 0 radical (unpaired) electrons. The summed E-state index contributed by atoms with van der Waals surface area (Å²) < 4.78 is 26.2. The highest BCUT2D eigenvalue weighted by Crippen LogP contribution is 2.24. The maximum absolute atomic E-state index is 11.8. The molecule has 1 rings (SSSR count). The summed E-state index contributed by atoms with van der Waals surface area (Å²) >= 11 is 6.07. The van der Waals surface area contributed by atoms with Crippen molar-refractivity contribution in [3.05, 3.63) is 0 Å². The molecule has 1 N–H and O–H groups in total. The number of halogens is 1. The molecule has 4 nitrogen and oxygen atoms in total. The van der Waals surface area contributed by atoms with Crippen molar-refractivity contribution in [1.29, 1.82) is 5.26 Å². The van der Waals surface area contributed by atoms with Gasteiger partial charge < -0.3 is 0 Å². The van der Waals surface area contributed by atoms with Crippen molar-refractivity contribution < 1.29 is 8.42 Å². The molecule has 3 atom stereocenters. The summed E-state index contributed by atoms with van der Waals surface area (Å²) in [4.78, 5) is 0. The van der Waals surface area contributed by atoms with E-state index in [1.807, 2.05) is 0 Å². The Balaban J connectivity index is 2.68.